The lowest BCUT2D eigenvalue weighted by Gasteiger charge is -2.41. The fourth-order valence-corrected chi connectivity index (χ4v) is 4.25. The summed E-state index contributed by atoms with van der Waals surface area (Å²) < 4.78 is 0. The lowest BCUT2D eigenvalue weighted by molar-refractivity contribution is -0.127. The number of nitrogens with zero attached hydrogens (tertiary/aromatic N) is 2. The molecule has 1 aliphatic carbocycles. The normalized spacial score (nSPS) is 22.4. The van der Waals surface area contributed by atoms with Gasteiger partial charge >= 0.3 is 0 Å². The minimum absolute atomic E-state index is 0.229. The van der Waals surface area contributed by atoms with Crippen molar-refractivity contribution in [2.24, 2.45) is 5.41 Å². The zero-order valence-corrected chi connectivity index (χ0v) is 14.7. The number of nitrogens with one attached hydrogen (secondary N) is 1. The molecule has 1 atom stereocenters. The van der Waals surface area contributed by atoms with Gasteiger partial charge in [-0.1, -0.05) is 41.9 Å². The van der Waals surface area contributed by atoms with Gasteiger partial charge in [-0.25, -0.2) is 0 Å². The maximum atomic E-state index is 13.1. The number of hydrogen-bond acceptors (Lipinski definition) is 4. The molecule has 2 aromatic carbocycles. The van der Waals surface area contributed by atoms with Crippen LogP contribution in [0.3, 0.4) is 0 Å². The number of benzene rings is 2. The summed E-state index contributed by atoms with van der Waals surface area (Å²) >= 11 is 6.14. The summed E-state index contributed by atoms with van der Waals surface area (Å²) in [5, 5.41) is 23.4. The Kier molecular flexibility index (Phi) is 3.66. The molecule has 5 nitrogen and oxygen atoms in total. The van der Waals surface area contributed by atoms with Crippen molar-refractivity contribution in [3.05, 3.63) is 70.8 Å². The average Bonchev–Trinajstić information content (AvgIpc) is 2.95. The highest BCUT2D eigenvalue weighted by atomic mass is 35.5. The molecule has 130 valence electrons. The van der Waals surface area contributed by atoms with Crippen LogP contribution in [0.1, 0.15) is 17.5 Å². The molecular weight excluding hydrogens is 362 g/mol. The third-order valence-corrected chi connectivity index (χ3v) is 5.52. The van der Waals surface area contributed by atoms with Gasteiger partial charge in [-0.15, -0.1) is 0 Å². The predicted octanol–water partition coefficient (Wildman–Crippen LogP) is 3.62. The van der Waals surface area contributed by atoms with Crippen molar-refractivity contribution in [3.8, 4) is 12.1 Å². The van der Waals surface area contributed by atoms with Crippen molar-refractivity contribution in [1.82, 2.24) is 0 Å². The molecule has 27 heavy (non-hydrogen) atoms. The fourth-order valence-electron chi connectivity index (χ4n) is 4.08. The quantitative estimate of drug-likeness (QED) is 0.826. The molecule has 2 aliphatic rings. The molecule has 1 spiro atoms. The van der Waals surface area contributed by atoms with E-state index >= 15 is 0 Å². The summed E-state index contributed by atoms with van der Waals surface area (Å²) in [5.41, 5.74) is -1.89. The molecule has 4 rings (SSSR count). The second-order valence-corrected chi connectivity index (χ2v) is 7.03. The highest BCUT2D eigenvalue weighted by Gasteiger charge is 2.66. The van der Waals surface area contributed by atoms with Gasteiger partial charge in [-0.2, -0.15) is 10.5 Å². The van der Waals surface area contributed by atoms with Gasteiger partial charge < -0.3 is 5.32 Å². The number of amides is 1. The molecule has 2 aromatic rings. The van der Waals surface area contributed by atoms with E-state index in [9.17, 15) is 20.1 Å². The van der Waals surface area contributed by atoms with E-state index in [0.29, 0.717) is 21.8 Å². The minimum atomic E-state index is -1.87. The molecule has 0 saturated heterocycles. The van der Waals surface area contributed by atoms with Crippen LogP contribution in [0.5, 0.6) is 0 Å². The number of nitriles is 2. The van der Waals surface area contributed by atoms with Crippen molar-refractivity contribution in [3.63, 3.8) is 0 Å². The summed E-state index contributed by atoms with van der Waals surface area (Å²) in [6.45, 7) is 0. The first-order valence-electron chi connectivity index (χ1n) is 8.23. The SMILES string of the molecule is N#CC1(C#N)C(c2ccccc2)=CC(=O)C[C@]12C(=O)Nc1ccc(Cl)cc12. The molecule has 0 saturated carbocycles. The number of ketones is 1. The summed E-state index contributed by atoms with van der Waals surface area (Å²) in [6, 6.07) is 17.7. The number of carbonyl (C=O) groups is 2. The molecule has 1 amide bonds. The van der Waals surface area contributed by atoms with Crippen molar-refractivity contribution < 1.29 is 9.59 Å². The van der Waals surface area contributed by atoms with E-state index in [0.717, 1.165) is 0 Å². The second kappa shape index (κ2) is 5.81. The lowest BCUT2D eigenvalue weighted by Crippen LogP contribution is -2.53. The van der Waals surface area contributed by atoms with E-state index in [2.05, 4.69) is 17.5 Å². The smallest absolute Gasteiger partial charge is 0.238 e. The van der Waals surface area contributed by atoms with Gasteiger partial charge in [0.25, 0.3) is 0 Å². The summed E-state index contributed by atoms with van der Waals surface area (Å²) in [4.78, 5) is 25.8. The number of halogens is 1. The lowest BCUT2D eigenvalue weighted by atomic mass is 9.53. The van der Waals surface area contributed by atoms with Gasteiger partial charge in [0.1, 0.15) is 5.41 Å². The van der Waals surface area contributed by atoms with Crippen LogP contribution in [0, 0.1) is 28.1 Å². The molecule has 0 fully saturated rings. The number of rotatable bonds is 1. The summed E-state index contributed by atoms with van der Waals surface area (Å²) in [6.07, 6.45) is 1.03. The van der Waals surface area contributed by atoms with E-state index in [1.807, 2.05) is 0 Å². The van der Waals surface area contributed by atoms with E-state index in [4.69, 9.17) is 11.6 Å². The average molecular weight is 374 g/mol. The van der Waals surface area contributed by atoms with E-state index in [-0.39, 0.29) is 17.8 Å². The molecule has 1 N–H and O–H groups in total. The number of hydrogen-bond donors (Lipinski definition) is 1. The molecule has 0 radical (unpaired) electrons. The topological polar surface area (TPSA) is 93.8 Å². The molecule has 1 heterocycles. The van der Waals surface area contributed by atoms with Crippen molar-refractivity contribution in [2.75, 3.05) is 5.32 Å². The predicted molar refractivity (Wildman–Crippen MR) is 99.5 cm³/mol. The van der Waals surface area contributed by atoms with E-state index in [1.165, 1.54) is 6.08 Å². The second-order valence-electron chi connectivity index (χ2n) is 6.59. The van der Waals surface area contributed by atoms with Crippen LogP contribution >= 0.6 is 11.6 Å². The Morgan fingerprint density at radius 2 is 1.74 bits per heavy atom. The first kappa shape index (κ1) is 17.0. The third-order valence-electron chi connectivity index (χ3n) is 5.29. The highest BCUT2D eigenvalue weighted by Crippen LogP contribution is 2.59. The number of carbonyl (C=O) groups excluding carboxylic acids is 2. The Hall–Kier alpha value is -3.41. The third kappa shape index (κ3) is 2.10. The molecular formula is C21H12ClN3O2. The molecule has 0 aromatic heterocycles. The van der Waals surface area contributed by atoms with Crippen LogP contribution in [0.4, 0.5) is 5.69 Å². The van der Waals surface area contributed by atoms with E-state index < -0.39 is 16.7 Å². The van der Waals surface area contributed by atoms with Gasteiger partial charge in [-0.05, 0) is 41.0 Å². The van der Waals surface area contributed by atoms with Gasteiger partial charge in [0.2, 0.25) is 5.91 Å². The number of anilines is 1. The number of fused-ring (bicyclic) bond motifs is 2. The van der Waals surface area contributed by atoms with Gasteiger partial charge in [0.15, 0.2) is 11.2 Å². The maximum Gasteiger partial charge on any atom is 0.238 e. The molecule has 0 bridgehead atoms. The molecule has 1 aliphatic heterocycles. The first-order chi connectivity index (χ1) is 13.0. The largest absolute Gasteiger partial charge is 0.325 e. The van der Waals surface area contributed by atoms with Crippen molar-refractivity contribution in [2.45, 2.75) is 11.8 Å². The van der Waals surface area contributed by atoms with Crippen LogP contribution < -0.4 is 5.32 Å². The van der Waals surface area contributed by atoms with Crippen molar-refractivity contribution in [1.29, 1.82) is 10.5 Å². The first-order valence-corrected chi connectivity index (χ1v) is 8.61. The van der Waals surface area contributed by atoms with Crippen LogP contribution in [0.25, 0.3) is 5.57 Å². The van der Waals surface area contributed by atoms with Crippen LogP contribution in [-0.2, 0) is 15.0 Å². The van der Waals surface area contributed by atoms with Gasteiger partial charge in [-0.3, -0.25) is 9.59 Å². The van der Waals surface area contributed by atoms with Crippen LogP contribution in [0.2, 0.25) is 5.02 Å². The van der Waals surface area contributed by atoms with Gasteiger partial charge in [0.05, 0.1) is 12.1 Å². The Balaban J connectivity index is 2.09. The Morgan fingerprint density at radius 1 is 1.04 bits per heavy atom. The zero-order chi connectivity index (χ0) is 19.2. The van der Waals surface area contributed by atoms with Crippen LogP contribution in [-0.4, -0.2) is 11.7 Å². The highest BCUT2D eigenvalue weighted by molar-refractivity contribution is 6.31. The Morgan fingerprint density at radius 3 is 2.41 bits per heavy atom. The van der Waals surface area contributed by atoms with Gasteiger partial charge in [0, 0.05) is 17.1 Å². The van der Waals surface area contributed by atoms with E-state index in [1.54, 1.807) is 48.5 Å². The van der Waals surface area contributed by atoms with Crippen LogP contribution in [0.15, 0.2) is 54.6 Å². The van der Waals surface area contributed by atoms with Crippen molar-refractivity contribution >= 4 is 34.6 Å². The Bertz CT molecular complexity index is 1090. The fraction of sp³-hybridized carbons (Fsp3) is 0.143. The minimum Gasteiger partial charge on any atom is -0.325 e. The maximum absolute atomic E-state index is 13.1. The summed E-state index contributed by atoms with van der Waals surface area (Å²) in [7, 11) is 0. The molecule has 0 unspecified atom stereocenters. The Labute approximate surface area is 160 Å². The zero-order valence-electron chi connectivity index (χ0n) is 14.0. The monoisotopic (exact) mass is 373 g/mol. The standard InChI is InChI=1S/C21H12ClN3O2/c22-14-6-7-18-17(8-14)21(19(27)25-18)10-15(26)9-16(20(21,11-23)12-24)13-4-2-1-3-5-13/h1-9H,10H2,(H,25,27)/t21-/m0/s1. The number of allylic oxidation sites excluding steroid dienone is 2. The summed E-state index contributed by atoms with van der Waals surface area (Å²) in [5.74, 6) is -0.865. The molecule has 6 heteroatoms.